The minimum absolute atomic E-state index is 0.129. The second-order valence-electron chi connectivity index (χ2n) is 5.88. The van der Waals surface area contributed by atoms with Gasteiger partial charge in [-0.05, 0) is 31.5 Å². The highest BCUT2D eigenvalue weighted by molar-refractivity contribution is 7.13. The van der Waals surface area contributed by atoms with Crippen molar-refractivity contribution in [2.24, 2.45) is 0 Å². The number of thiazole rings is 1. The van der Waals surface area contributed by atoms with Gasteiger partial charge in [-0.3, -0.25) is 4.79 Å². The molecule has 0 aliphatic heterocycles. The van der Waals surface area contributed by atoms with Crippen LogP contribution in [0.3, 0.4) is 0 Å². The number of aliphatic carboxylic acids is 1. The number of hydrogen-bond acceptors (Lipinski definition) is 6. The van der Waals surface area contributed by atoms with Crippen molar-refractivity contribution in [1.29, 1.82) is 0 Å². The summed E-state index contributed by atoms with van der Waals surface area (Å²) in [5, 5.41) is 12.1. The molecule has 1 aromatic carbocycles. The molecule has 0 atom stereocenters. The van der Waals surface area contributed by atoms with Crippen molar-refractivity contribution in [2.45, 2.75) is 19.8 Å². The van der Waals surface area contributed by atoms with Gasteiger partial charge in [0.15, 0.2) is 0 Å². The van der Waals surface area contributed by atoms with Crippen LogP contribution in [-0.2, 0) is 4.79 Å². The van der Waals surface area contributed by atoms with E-state index in [0.717, 1.165) is 16.8 Å². The van der Waals surface area contributed by atoms with Gasteiger partial charge >= 0.3 is 11.6 Å². The molecule has 7 heteroatoms. The van der Waals surface area contributed by atoms with Gasteiger partial charge in [0.05, 0.1) is 5.56 Å². The topological polar surface area (TPSA) is 83.6 Å². The number of benzene rings is 1. The molecular formula is C18H18N2O4S. The summed E-state index contributed by atoms with van der Waals surface area (Å²) in [4.78, 5) is 29.2. The molecule has 0 fully saturated rings. The van der Waals surface area contributed by atoms with Crippen LogP contribution in [0.1, 0.15) is 18.5 Å². The second kappa shape index (κ2) is 7.06. The Balaban J connectivity index is 1.88. The van der Waals surface area contributed by atoms with Crippen molar-refractivity contribution in [1.82, 2.24) is 4.98 Å². The van der Waals surface area contributed by atoms with E-state index in [1.54, 1.807) is 12.1 Å². The predicted molar refractivity (Wildman–Crippen MR) is 98.5 cm³/mol. The average molecular weight is 358 g/mol. The summed E-state index contributed by atoms with van der Waals surface area (Å²) in [7, 11) is 1.88. The maximum Gasteiger partial charge on any atom is 0.346 e. The van der Waals surface area contributed by atoms with Crippen LogP contribution in [0.25, 0.3) is 21.5 Å². The Kier molecular flexibility index (Phi) is 4.85. The fourth-order valence-corrected chi connectivity index (χ4v) is 3.36. The van der Waals surface area contributed by atoms with E-state index in [2.05, 4.69) is 4.98 Å². The highest BCUT2D eigenvalue weighted by Gasteiger charge is 2.12. The summed E-state index contributed by atoms with van der Waals surface area (Å²) in [6, 6.07) is 7.42. The molecule has 0 saturated carbocycles. The van der Waals surface area contributed by atoms with Crippen LogP contribution in [0.15, 0.2) is 38.9 Å². The lowest BCUT2D eigenvalue weighted by Gasteiger charge is -2.19. The zero-order chi connectivity index (χ0) is 18.0. The SMILES string of the molecule is Cc1csc(-c2cc3ccc(N(C)CCCC(=O)O)cc3oc2=O)n1. The summed E-state index contributed by atoms with van der Waals surface area (Å²) >= 11 is 1.42. The van der Waals surface area contributed by atoms with E-state index in [9.17, 15) is 9.59 Å². The molecule has 1 N–H and O–H groups in total. The van der Waals surface area contributed by atoms with E-state index in [1.165, 1.54) is 11.3 Å². The summed E-state index contributed by atoms with van der Waals surface area (Å²) < 4.78 is 5.48. The van der Waals surface area contributed by atoms with E-state index in [-0.39, 0.29) is 6.42 Å². The number of hydrogen-bond donors (Lipinski definition) is 1. The van der Waals surface area contributed by atoms with E-state index in [1.807, 2.05) is 36.4 Å². The second-order valence-corrected chi connectivity index (χ2v) is 6.74. The maximum absolute atomic E-state index is 12.3. The third kappa shape index (κ3) is 3.88. The first-order chi connectivity index (χ1) is 11.9. The van der Waals surface area contributed by atoms with Gasteiger partial charge in [-0.25, -0.2) is 9.78 Å². The summed E-state index contributed by atoms with van der Waals surface area (Å²) in [6.07, 6.45) is 0.680. The predicted octanol–water partition coefficient (Wildman–Crippen LogP) is 3.53. The molecule has 25 heavy (non-hydrogen) atoms. The lowest BCUT2D eigenvalue weighted by Crippen LogP contribution is -2.19. The third-order valence-electron chi connectivity index (χ3n) is 3.89. The first kappa shape index (κ1) is 17.2. The molecule has 0 unspecified atom stereocenters. The van der Waals surface area contributed by atoms with Crippen LogP contribution < -0.4 is 10.5 Å². The smallest absolute Gasteiger partial charge is 0.346 e. The molecule has 0 radical (unpaired) electrons. The van der Waals surface area contributed by atoms with Crippen molar-refractivity contribution in [3.63, 3.8) is 0 Å². The van der Waals surface area contributed by atoms with Crippen molar-refractivity contribution in [3.05, 3.63) is 45.8 Å². The molecule has 3 rings (SSSR count). The fourth-order valence-electron chi connectivity index (χ4n) is 2.56. The van der Waals surface area contributed by atoms with Crippen molar-refractivity contribution >= 4 is 34.0 Å². The van der Waals surface area contributed by atoms with Gasteiger partial charge in [0.2, 0.25) is 0 Å². The number of fused-ring (bicyclic) bond motifs is 1. The zero-order valence-electron chi connectivity index (χ0n) is 14.0. The largest absolute Gasteiger partial charge is 0.481 e. The first-order valence-corrected chi connectivity index (χ1v) is 8.75. The van der Waals surface area contributed by atoms with Crippen molar-refractivity contribution < 1.29 is 14.3 Å². The molecule has 6 nitrogen and oxygen atoms in total. The zero-order valence-corrected chi connectivity index (χ0v) is 14.8. The van der Waals surface area contributed by atoms with Gasteiger partial charge in [0.25, 0.3) is 0 Å². The molecule has 0 aliphatic rings. The monoisotopic (exact) mass is 358 g/mol. The number of aryl methyl sites for hydroxylation is 1. The molecule has 0 spiro atoms. The highest BCUT2D eigenvalue weighted by atomic mass is 32.1. The van der Waals surface area contributed by atoms with E-state index < -0.39 is 11.6 Å². The molecule has 130 valence electrons. The summed E-state index contributed by atoms with van der Waals surface area (Å²) in [5.41, 5.74) is 2.31. The number of carboxylic acid groups (broad SMARTS) is 1. The molecule has 0 amide bonds. The minimum atomic E-state index is -0.803. The molecule has 0 aliphatic carbocycles. The Hall–Kier alpha value is -2.67. The quantitative estimate of drug-likeness (QED) is 0.679. The van der Waals surface area contributed by atoms with Crippen LogP contribution in [0.5, 0.6) is 0 Å². The Bertz CT molecular complexity index is 977. The number of anilines is 1. The van der Waals surface area contributed by atoms with Crippen molar-refractivity contribution in [3.8, 4) is 10.6 Å². The summed E-state index contributed by atoms with van der Waals surface area (Å²) in [5.74, 6) is -0.803. The van der Waals surface area contributed by atoms with Gasteiger partial charge in [-0.2, -0.15) is 0 Å². The molecule has 3 aromatic rings. The third-order valence-corrected chi connectivity index (χ3v) is 4.89. The van der Waals surface area contributed by atoms with E-state index in [4.69, 9.17) is 9.52 Å². The number of aromatic nitrogens is 1. The van der Waals surface area contributed by atoms with Gasteiger partial charge in [0.1, 0.15) is 10.6 Å². The van der Waals surface area contributed by atoms with Crippen LogP contribution in [0.2, 0.25) is 0 Å². The molecule has 2 aromatic heterocycles. The van der Waals surface area contributed by atoms with Crippen LogP contribution in [0, 0.1) is 6.92 Å². The van der Waals surface area contributed by atoms with Crippen LogP contribution in [-0.4, -0.2) is 29.7 Å². The molecular weight excluding hydrogens is 340 g/mol. The molecule has 0 bridgehead atoms. The van der Waals surface area contributed by atoms with E-state index >= 15 is 0 Å². The Morgan fingerprint density at radius 2 is 2.16 bits per heavy atom. The molecule has 2 heterocycles. The lowest BCUT2D eigenvalue weighted by atomic mass is 10.1. The maximum atomic E-state index is 12.3. The van der Waals surface area contributed by atoms with Gasteiger partial charge in [0, 0.05) is 48.2 Å². The van der Waals surface area contributed by atoms with Gasteiger partial charge in [-0.15, -0.1) is 11.3 Å². The standard InChI is InChI=1S/C18H18N2O4S/c1-11-10-25-17(19-11)14-8-12-5-6-13(9-15(12)24-18(14)23)20(2)7-3-4-16(21)22/h5-6,8-10H,3-4,7H2,1-2H3,(H,21,22). The van der Waals surface area contributed by atoms with E-state index in [0.29, 0.717) is 29.1 Å². The van der Waals surface area contributed by atoms with Gasteiger partial charge in [-0.1, -0.05) is 0 Å². The Labute approximate surface area is 148 Å². The Morgan fingerprint density at radius 3 is 2.84 bits per heavy atom. The number of carboxylic acids is 1. The van der Waals surface area contributed by atoms with Crippen molar-refractivity contribution in [2.75, 3.05) is 18.5 Å². The number of rotatable bonds is 6. The minimum Gasteiger partial charge on any atom is -0.481 e. The molecule has 0 saturated heterocycles. The highest BCUT2D eigenvalue weighted by Crippen LogP contribution is 2.26. The van der Waals surface area contributed by atoms with Gasteiger partial charge < -0.3 is 14.4 Å². The first-order valence-electron chi connectivity index (χ1n) is 7.87. The Morgan fingerprint density at radius 1 is 1.36 bits per heavy atom. The number of nitrogens with zero attached hydrogens (tertiary/aromatic N) is 2. The average Bonchev–Trinajstić information content (AvgIpc) is 2.99. The van der Waals surface area contributed by atoms with Crippen LogP contribution in [0.4, 0.5) is 5.69 Å². The number of carbonyl (C=O) groups is 1. The van der Waals surface area contributed by atoms with Crippen LogP contribution >= 0.6 is 11.3 Å². The normalized spacial score (nSPS) is 11.0. The summed E-state index contributed by atoms with van der Waals surface area (Å²) in [6.45, 7) is 2.49. The fraction of sp³-hybridized carbons (Fsp3) is 0.278. The lowest BCUT2D eigenvalue weighted by molar-refractivity contribution is -0.137.